The van der Waals surface area contributed by atoms with Crippen molar-refractivity contribution in [3.8, 4) is 0 Å². The summed E-state index contributed by atoms with van der Waals surface area (Å²) in [4.78, 5) is 28.7. The quantitative estimate of drug-likeness (QED) is 0.533. The summed E-state index contributed by atoms with van der Waals surface area (Å²) < 4.78 is 8.64. The number of carbonyl (C=O) groups excluding carboxylic acids is 1. The lowest BCUT2D eigenvalue weighted by Crippen LogP contribution is -2.31. The third kappa shape index (κ3) is 3.36. The molecule has 7 heteroatoms. The molecule has 0 aliphatic heterocycles. The fourth-order valence-electron chi connectivity index (χ4n) is 3.31. The molecule has 0 atom stereocenters. The molecule has 2 aromatic heterocycles. The summed E-state index contributed by atoms with van der Waals surface area (Å²) in [6.07, 6.45) is 0.772. The van der Waals surface area contributed by atoms with E-state index in [1.165, 1.54) is 4.57 Å². The second-order valence-electron chi connectivity index (χ2n) is 6.42. The molecular formula is C20H20N4O3. The van der Waals surface area contributed by atoms with Gasteiger partial charge in [0.25, 0.3) is 0 Å². The van der Waals surface area contributed by atoms with Crippen LogP contribution < -0.4 is 11.1 Å². The molecule has 138 valence electrons. The summed E-state index contributed by atoms with van der Waals surface area (Å²) in [6, 6.07) is 15.1. The Morgan fingerprint density at radius 1 is 1.07 bits per heavy atom. The van der Waals surface area contributed by atoms with Gasteiger partial charge in [0.15, 0.2) is 5.58 Å². The number of oxazole rings is 1. The predicted molar refractivity (Wildman–Crippen MR) is 103 cm³/mol. The van der Waals surface area contributed by atoms with Crippen LogP contribution in [0.15, 0.2) is 57.7 Å². The van der Waals surface area contributed by atoms with Crippen LogP contribution in [0.5, 0.6) is 0 Å². The molecule has 27 heavy (non-hydrogen) atoms. The Kier molecular flexibility index (Phi) is 4.50. The molecule has 0 spiro atoms. The number of rotatable bonds is 6. The molecule has 0 radical (unpaired) electrons. The summed E-state index contributed by atoms with van der Waals surface area (Å²) in [5.74, 6) is 0.224. The van der Waals surface area contributed by atoms with E-state index in [-0.39, 0.29) is 12.5 Å². The van der Waals surface area contributed by atoms with Gasteiger partial charge in [-0.1, -0.05) is 24.3 Å². The van der Waals surface area contributed by atoms with Crippen molar-refractivity contribution in [1.29, 1.82) is 0 Å². The fraction of sp³-hybridized carbons (Fsp3) is 0.250. The van der Waals surface area contributed by atoms with Crippen LogP contribution in [-0.4, -0.2) is 26.6 Å². The van der Waals surface area contributed by atoms with Crippen molar-refractivity contribution < 1.29 is 9.21 Å². The lowest BCUT2D eigenvalue weighted by atomic mass is 10.3. The third-order valence-corrected chi connectivity index (χ3v) is 4.60. The van der Waals surface area contributed by atoms with Gasteiger partial charge in [0, 0.05) is 13.1 Å². The molecular weight excluding hydrogens is 344 g/mol. The number of aromatic nitrogens is 3. The predicted octanol–water partition coefficient (Wildman–Crippen LogP) is 2.46. The molecule has 0 fully saturated rings. The molecule has 0 saturated carbocycles. The highest BCUT2D eigenvalue weighted by Gasteiger charge is 2.12. The van der Waals surface area contributed by atoms with Gasteiger partial charge in [-0.3, -0.25) is 9.36 Å². The molecule has 1 N–H and O–H groups in total. The van der Waals surface area contributed by atoms with Crippen molar-refractivity contribution in [2.24, 2.45) is 0 Å². The first kappa shape index (κ1) is 17.1. The summed E-state index contributed by atoms with van der Waals surface area (Å²) in [5.41, 5.74) is 3.18. The number of nitrogens with one attached hydrogen (secondary N) is 1. The standard InChI is InChI=1S/C20H20N4O3/c1-14-22-15-7-2-3-8-16(15)23(14)12-6-11-21-19(25)13-24-17-9-4-5-10-18(17)27-20(24)26/h2-5,7-10H,6,11-13H2,1H3,(H,21,25). The van der Waals surface area contributed by atoms with Crippen molar-refractivity contribution in [3.05, 3.63) is 64.9 Å². The Morgan fingerprint density at radius 2 is 1.81 bits per heavy atom. The maximum atomic E-state index is 12.2. The summed E-state index contributed by atoms with van der Waals surface area (Å²) in [5, 5.41) is 2.87. The molecule has 0 bridgehead atoms. The molecule has 0 aliphatic carbocycles. The SMILES string of the molecule is Cc1nc2ccccc2n1CCCNC(=O)Cn1c(=O)oc2ccccc21. The van der Waals surface area contributed by atoms with Crippen molar-refractivity contribution >= 4 is 28.0 Å². The normalized spacial score (nSPS) is 11.3. The zero-order chi connectivity index (χ0) is 18.8. The van der Waals surface area contributed by atoms with Crippen LogP contribution in [0, 0.1) is 6.92 Å². The summed E-state index contributed by atoms with van der Waals surface area (Å²) in [6.45, 7) is 3.22. The molecule has 2 heterocycles. The van der Waals surface area contributed by atoms with Gasteiger partial charge in [-0.2, -0.15) is 0 Å². The molecule has 0 aliphatic rings. The van der Waals surface area contributed by atoms with Crippen LogP contribution in [0.2, 0.25) is 0 Å². The smallest absolute Gasteiger partial charge is 0.408 e. The lowest BCUT2D eigenvalue weighted by Gasteiger charge is -2.08. The number of benzene rings is 2. The molecule has 1 amide bonds. The minimum atomic E-state index is -0.521. The lowest BCUT2D eigenvalue weighted by molar-refractivity contribution is -0.121. The number of aryl methyl sites for hydroxylation is 2. The maximum Gasteiger partial charge on any atom is 0.420 e. The molecule has 0 saturated heterocycles. The highest BCUT2D eigenvalue weighted by Crippen LogP contribution is 2.15. The van der Waals surface area contributed by atoms with E-state index in [0.717, 1.165) is 29.8 Å². The van der Waals surface area contributed by atoms with E-state index in [4.69, 9.17) is 4.42 Å². The molecule has 2 aromatic carbocycles. The van der Waals surface area contributed by atoms with E-state index < -0.39 is 5.76 Å². The average Bonchev–Trinajstić information content (AvgIpc) is 3.15. The van der Waals surface area contributed by atoms with Gasteiger partial charge >= 0.3 is 5.76 Å². The molecule has 4 rings (SSSR count). The monoisotopic (exact) mass is 364 g/mol. The number of para-hydroxylation sites is 4. The van der Waals surface area contributed by atoms with Crippen molar-refractivity contribution in [3.63, 3.8) is 0 Å². The summed E-state index contributed by atoms with van der Waals surface area (Å²) >= 11 is 0. The van der Waals surface area contributed by atoms with Gasteiger partial charge in [0.05, 0.1) is 16.6 Å². The second kappa shape index (κ2) is 7.11. The van der Waals surface area contributed by atoms with Gasteiger partial charge < -0.3 is 14.3 Å². The van der Waals surface area contributed by atoms with Crippen molar-refractivity contribution in [2.45, 2.75) is 26.4 Å². The van der Waals surface area contributed by atoms with Crippen LogP contribution in [0.3, 0.4) is 0 Å². The topological polar surface area (TPSA) is 82.1 Å². The molecule has 7 nitrogen and oxygen atoms in total. The van der Waals surface area contributed by atoms with E-state index in [2.05, 4.69) is 14.9 Å². The first-order valence-electron chi connectivity index (χ1n) is 8.90. The summed E-state index contributed by atoms with van der Waals surface area (Å²) in [7, 11) is 0. The van der Waals surface area contributed by atoms with Crippen molar-refractivity contribution in [1.82, 2.24) is 19.4 Å². The van der Waals surface area contributed by atoms with Crippen LogP contribution in [0.1, 0.15) is 12.2 Å². The highest BCUT2D eigenvalue weighted by atomic mass is 16.4. The number of hydrogen-bond donors (Lipinski definition) is 1. The van der Waals surface area contributed by atoms with Gasteiger partial charge in [0.2, 0.25) is 5.91 Å². The van der Waals surface area contributed by atoms with Gasteiger partial charge in [0.1, 0.15) is 12.4 Å². The second-order valence-corrected chi connectivity index (χ2v) is 6.42. The Bertz CT molecular complexity index is 1170. The van der Waals surface area contributed by atoms with Crippen LogP contribution in [-0.2, 0) is 17.9 Å². The number of carbonyl (C=O) groups is 1. The Balaban J connectivity index is 1.35. The molecule has 0 unspecified atom stereocenters. The first-order valence-corrected chi connectivity index (χ1v) is 8.90. The van der Waals surface area contributed by atoms with E-state index in [1.807, 2.05) is 37.3 Å². The van der Waals surface area contributed by atoms with E-state index >= 15 is 0 Å². The van der Waals surface area contributed by atoms with Crippen molar-refractivity contribution in [2.75, 3.05) is 6.54 Å². The Morgan fingerprint density at radius 3 is 2.67 bits per heavy atom. The van der Waals surface area contributed by atoms with Gasteiger partial charge in [-0.15, -0.1) is 0 Å². The first-order chi connectivity index (χ1) is 13.1. The Hall–Kier alpha value is -3.35. The van der Waals surface area contributed by atoms with Crippen LogP contribution >= 0.6 is 0 Å². The number of fused-ring (bicyclic) bond motifs is 2. The molecule has 4 aromatic rings. The largest absolute Gasteiger partial charge is 0.420 e. The maximum absolute atomic E-state index is 12.2. The van der Waals surface area contributed by atoms with E-state index in [0.29, 0.717) is 17.6 Å². The number of imidazole rings is 1. The Labute approximate surface area is 155 Å². The number of nitrogens with zero attached hydrogens (tertiary/aromatic N) is 3. The zero-order valence-corrected chi connectivity index (χ0v) is 15.0. The fourth-order valence-corrected chi connectivity index (χ4v) is 3.31. The zero-order valence-electron chi connectivity index (χ0n) is 15.0. The van der Waals surface area contributed by atoms with E-state index in [9.17, 15) is 9.59 Å². The van der Waals surface area contributed by atoms with E-state index in [1.54, 1.807) is 18.2 Å². The number of hydrogen-bond acceptors (Lipinski definition) is 4. The minimum absolute atomic E-state index is 0.0527. The average molecular weight is 364 g/mol. The minimum Gasteiger partial charge on any atom is -0.408 e. The van der Waals surface area contributed by atoms with Gasteiger partial charge in [-0.05, 0) is 37.6 Å². The number of amides is 1. The van der Waals surface area contributed by atoms with Crippen LogP contribution in [0.4, 0.5) is 0 Å². The third-order valence-electron chi connectivity index (χ3n) is 4.60. The highest BCUT2D eigenvalue weighted by molar-refractivity contribution is 5.79. The van der Waals surface area contributed by atoms with Crippen LogP contribution in [0.25, 0.3) is 22.1 Å². The van der Waals surface area contributed by atoms with Gasteiger partial charge in [-0.25, -0.2) is 9.78 Å².